The lowest BCUT2D eigenvalue weighted by Gasteiger charge is -2.15. The van der Waals surface area contributed by atoms with Crippen molar-refractivity contribution in [3.8, 4) is 21.7 Å². The van der Waals surface area contributed by atoms with E-state index in [2.05, 4.69) is 9.97 Å². The van der Waals surface area contributed by atoms with Crippen molar-refractivity contribution in [2.75, 3.05) is 0 Å². The van der Waals surface area contributed by atoms with E-state index in [0.717, 1.165) is 0 Å². The van der Waals surface area contributed by atoms with Crippen LogP contribution >= 0.6 is 11.3 Å². The van der Waals surface area contributed by atoms with Crippen LogP contribution < -0.4 is 0 Å². The van der Waals surface area contributed by atoms with Crippen LogP contribution in [0.3, 0.4) is 0 Å². The molecule has 2 heterocycles. The van der Waals surface area contributed by atoms with E-state index in [1.807, 2.05) is 0 Å². The number of rotatable bonds is 2. The Bertz CT molecular complexity index is 852. The first-order valence-corrected chi connectivity index (χ1v) is 7.68. The molecule has 0 amide bonds. The van der Waals surface area contributed by atoms with Crippen LogP contribution in [0.5, 0.6) is 0 Å². The average molecular weight is 374 g/mol. The zero-order valence-electron chi connectivity index (χ0n) is 12.2. The number of hydrogen-bond donors (Lipinski definition) is 0. The van der Waals surface area contributed by atoms with E-state index in [1.165, 1.54) is 23.9 Å². The van der Waals surface area contributed by atoms with Crippen molar-refractivity contribution in [1.29, 1.82) is 0 Å². The lowest BCUT2D eigenvalue weighted by Crippen LogP contribution is -2.11. The molecule has 0 spiro atoms. The van der Waals surface area contributed by atoms with Gasteiger partial charge in [0.05, 0.1) is 21.7 Å². The molecule has 3 rings (SSSR count). The normalized spacial score (nSPS) is 12.4. The number of nitrogens with zero attached hydrogens (tertiary/aromatic N) is 2. The lowest BCUT2D eigenvalue weighted by atomic mass is 9.98. The second kappa shape index (κ2) is 6.14. The fraction of sp³-hybridized carbons (Fsp3) is 0.125. The van der Waals surface area contributed by atoms with Gasteiger partial charge in [0.2, 0.25) is 0 Å². The van der Waals surface area contributed by atoms with Crippen LogP contribution in [0.4, 0.5) is 26.3 Å². The summed E-state index contributed by atoms with van der Waals surface area (Å²) < 4.78 is 78.2. The monoisotopic (exact) mass is 374 g/mol. The van der Waals surface area contributed by atoms with Gasteiger partial charge >= 0.3 is 12.4 Å². The van der Waals surface area contributed by atoms with Crippen molar-refractivity contribution >= 4 is 11.3 Å². The summed E-state index contributed by atoms with van der Waals surface area (Å²) in [5, 5.41) is 1.73. The van der Waals surface area contributed by atoms with E-state index >= 15 is 0 Å². The quantitative estimate of drug-likeness (QED) is 0.521. The number of hydrogen-bond acceptors (Lipinski definition) is 3. The summed E-state index contributed by atoms with van der Waals surface area (Å²) in [6.07, 6.45) is -7.42. The van der Waals surface area contributed by atoms with Gasteiger partial charge in [0, 0.05) is 11.8 Å². The number of alkyl halides is 6. The van der Waals surface area contributed by atoms with Crippen molar-refractivity contribution in [2.24, 2.45) is 0 Å². The van der Waals surface area contributed by atoms with Gasteiger partial charge in [-0.3, -0.25) is 0 Å². The molecule has 0 saturated heterocycles. The fourth-order valence-corrected chi connectivity index (χ4v) is 3.00. The molecule has 0 aliphatic rings. The molecule has 25 heavy (non-hydrogen) atoms. The van der Waals surface area contributed by atoms with E-state index in [4.69, 9.17) is 0 Å². The molecule has 0 saturated carbocycles. The molecule has 2 aromatic heterocycles. The number of thiophene rings is 1. The molecule has 0 atom stereocenters. The molecule has 1 aromatic carbocycles. The van der Waals surface area contributed by atoms with Crippen molar-refractivity contribution in [2.45, 2.75) is 12.4 Å². The van der Waals surface area contributed by atoms with Crippen LogP contribution in [-0.4, -0.2) is 9.97 Å². The van der Waals surface area contributed by atoms with Crippen LogP contribution in [-0.2, 0) is 12.4 Å². The Kier molecular flexibility index (Phi) is 4.28. The largest absolute Gasteiger partial charge is 0.416 e. The van der Waals surface area contributed by atoms with Crippen LogP contribution in [0.1, 0.15) is 11.1 Å². The first-order valence-electron chi connectivity index (χ1n) is 6.80. The molecule has 0 aliphatic heterocycles. The van der Waals surface area contributed by atoms with Gasteiger partial charge in [0.25, 0.3) is 0 Å². The third kappa shape index (κ3) is 3.65. The van der Waals surface area contributed by atoms with Gasteiger partial charge in [-0.05, 0) is 35.2 Å². The molecule has 2 nitrogen and oxygen atoms in total. The molecule has 0 aliphatic carbocycles. The summed E-state index contributed by atoms with van der Waals surface area (Å²) in [7, 11) is 0. The minimum Gasteiger partial charge on any atom is -0.244 e. The van der Waals surface area contributed by atoms with Crippen molar-refractivity contribution in [3.63, 3.8) is 0 Å². The number of halogens is 6. The van der Waals surface area contributed by atoms with Crippen molar-refractivity contribution < 1.29 is 26.3 Å². The maximum Gasteiger partial charge on any atom is 0.416 e. The predicted molar refractivity (Wildman–Crippen MR) is 80.8 cm³/mol. The maximum atomic E-state index is 13.0. The first kappa shape index (κ1) is 17.4. The van der Waals surface area contributed by atoms with Crippen LogP contribution in [0, 0.1) is 0 Å². The van der Waals surface area contributed by atoms with Gasteiger partial charge in [-0.1, -0.05) is 6.07 Å². The fourth-order valence-electron chi connectivity index (χ4n) is 2.26. The highest BCUT2D eigenvalue weighted by molar-refractivity contribution is 7.13. The maximum absolute atomic E-state index is 13.0. The smallest absolute Gasteiger partial charge is 0.244 e. The second-order valence-corrected chi connectivity index (χ2v) is 6.00. The molecule has 0 fully saturated rings. The Morgan fingerprint density at radius 2 is 1.52 bits per heavy atom. The Balaban J connectivity index is 2.25. The van der Waals surface area contributed by atoms with Gasteiger partial charge in [-0.15, -0.1) is 11.3 Å². The number of benzene rings is 1. The Morgan fingerprint density at radius 1 is 0.880 bits per heavy atom. The Morgan fingerprint density at radius 3 is 2.04 bits per heavy atom. The molecule has 130 valence electrons. The highest BCUT2D eigenvalue weighted by Gasteiger charge is 2.37. The van der Waals surface area contributed by atoms with Gasteiger partial charge < -0.3 is 0 Å². The van der Waals surface area contributed by atoms with Crippen LogP contribution in [0.2, 0.25) is 0 Å². The van der Waals surface area contributed by atoms with Gasteiger partial charge in [0.15, 0.2) is 0 Å². The summed E-state index contributed by atoms with van der Waals surface area (Å²) in [6.45, 7) is 0. The van der Waals surface area contributed by atoms with Gasteiger partial charge in [-0.25, -0.2) is 9.97 Å². The van der Waals surface area contributed by atoms with Gasteiger partial charge in [-0.2, -0.15) is 26.3 Å². The molecule has 0 bridgehead atoms. The highest BCUT2D eigenvalue weighted by atomic mass is 32.1. The molecule has 0 N–H and O–H groups in total. The van der Waals surface area contributed by atoms with E-state index in [-0.39, 0.29) is 22.9 Å². The van der Waals surface area contributed by atoms with Crippen molar-refractivity contribution in [3.05, 3.63) is 59.4 Å². The van der Waals surface area contributed by atoms with Crippen LogP contribution in [0.25, 0.3) is 21.7 Å². The zero-order valence-corrected chi connectivity index (χ0v) is 13.0. The third-order valence-electron chi connectivity index (χ3n) is 3.37. The topological polar surface area (TPSA) is 25.8 Å². The molecule has 9 heteroatoms. The molecular formula is C16H8F6N2S. The predicted octanol–water partition coefficient (Wildman–Crippen LogP) is 5.91. The number of aromatic nitrogens is 2. The van der Waals surface area contributed by atoms with E-state index in [1.54, 1.807) is 17.5 Å². The van der Waals surface area contributed by atoms with Gasteiger partial charge in [0.1, 0.15) is 6.33 Å². The van der Waals surface area contributed by atoms with E-state index < -0.39 is 23.5 Å². The first-order chi connectivity index (χ1) is 11.7. The molecule has 3 aromatic rings. The Labute approximate surface area is 141 Å². The summed E-state index contributed by atoms with van der Waals surface area (Å²) in [5.74, 6) is 0. The summed E-state index contributed by atoms with van der Waals surface area (Å²) in [5.41, 5.74) is -2.62. The van der Waals surface area contributed by atoms with E-state index in [0.29, 0.717) is 17.0 Å². The molecule has 0 unspecified atom stereocenters. The SMILES string of the molecule is FC(F)(F)c1cc(-c2cncnc2-c2cccs2)cc(C(F)(F)F)c1. The minimum absolute atomic E-state index is 0.0953. The molecular weight excluding hydrogens is 366 g/mol. The van der Waals surface area contributed by atoms with Crippen molar-refractivity contribution in [1.82, 2.24) is 9.97 Å². The lowest BCUT2D eigenvalue weighted by molar-refractivity contribution is -0.143. The van der Waals surface area contributed by atoms with E-state index in [9.17, 15) is 26.3 Å². The highest BCUT2D eigenvalue weighted by Crippen LogP contribution is 2.40. The van der Waals surface area contributed by atoms with Crippen LogP contribution in [0.15, 0.2) is 48.2 Å². The third-order valence-corrected chi connectivity index (χ3v) is 4.24. The zero-order chi connectivity index (χ0) is 18.2. The minimum atomic E-state index is -4.91. The summed E-state index contributed by atoms with van der Waals surface area (Å²) in [4.78, 5) is 8.38. The average Bonchev–Trinajstić information content (AvgIpc) is 3.07. The summed E-state index contributed by atoms with van der Waals surface area (Å²) in [6, 6.07) is 4.82. The Hall–Kier alpha value is -2.42. The molecule has 0 radical (unpaired) electrons. The second-order valence-electron chi connectivity index (χ2n) is 5.06. The standard InChI is InChI=1S/C16H8F6N2S/c17-15(18,19)10-4-9(5-11(6-10)16(20,21)22)12-7-23-8-24-14(12)13-2-1-3-25-13/h1-8H. The summed E-state index contributed by atoms with van der Waals surface area (Å²) >= 11 is 1.27.